The first-order valence-electron chi connectivity index (χ1n) is 12.1. The third-order valence-electron chi connectivity index (χ3n) is 6.39. The molecule has 0 radical (unpaired) electrons. The largest absolute Gasteiger partial charge is 0.487 e. The van der Waals surface area contributed by atoms with Crippen LogP contribution in [-0.2, 0) is 21.9 Å². The summed E-state index contributed by atoms with van der Waals surface area (Å²) in [6.45, 7) is 2.47. The molecule has 2 aromatic rings. The van der Waals surface area contributed by atoms with Crippen molar-refractivity contribution >= 4 is 17.4 Å². The molecule has 0 aliphatic carbocycles. The first kappa shape index (κ1) is 29.4. The van der Waals surface area contributed by atoms with Gasteiger partial charge in [-0.3, -0.25) is 9.59 Å². The van der Waals surface area contributed by atoms with E-state index in [0.717, 1.165) is 18.5 Å². The molecule has 0 aromatic carbocycles. The second-order valence-corrected chi connectivity index (χ2v) is 9.77. The molecule has 0 spiro atoms. The number of fused-ring (bicyclic) bond motifs is 3. The van der Waals surface area contributed by atoms with Crippen LogP contribution in [-0.4, -0.2) is 88.2 Å². The van der Waals surface area contributed by atoms with Crippen LogP contribution in [0.2, 0.25) is 0 Å². The smallest absolute Gasteiger partial charge is 0.423 e. The van der Waals surface area contributed by atoms with Gasteiger partial charge in [0.2, 0.25) is 0 Å². The molecule has 4 heterocycles. The molecule has 0 saturated carbocycles. The fraction of sp³-hybridized carbons (Fsp3) is 0.565. The quantitative estimate of drug-likeness (QED) is 0.420. The van der Waals surface area contributed by atoms with Gasteiger partial charge in [-0.2, -0.15) is 31.4 Å². The van der Waals surface area contributed by atoms with Crippen molar-refractivity contribution in [2.24, 2.45) is 0 Å². The van der Waals surface area contributed by atoms with E-state index in [1.807, 2.05) is 0 Å². The van der Waals surface area contributed by atoms with E-state index in [2.05, 4.69) is 15.4 Å². The number of H-pyrrole nitrogens is 1. The standard InChI is InChI=1S/C23H26F6N6O5/c1-12(32-15-7-31-33-19(36)17(15)23(27,28)29)9-39-11-21(2,38)20(37)34-3-4-35-14(8-34)10-40-16-5-13(22(24,25)26)6-30-18(16)35/h5-7,12,14,38H,3-4,8-11H2,1-2H3,(H2,32,33,36)/t12-,14+,21?/m0/s1. The predicted molar refractivity (Wildman–Crippen MR) is 127 cm³/mol. The Morgan fingerprint density at radius 1 is 1.25 bits per heavy atom. The summed E-state index contributed by atoms with van der Waals surface area (Å²) in [6, 6.07) is -0.297. The van der Waals surface area contributed by atoms with Gasteiger partial charge in [-0.05, 0) is 19.9 Å². The Balaban J connectivity index is 1.32. The molecule has 3 atom stereocenters. The number of nitrogens with zero attached hydrogens (tertiary/aromatic N) is 4. The molecule has 2 aliphatic heterocycles. The molecule has 1 saturated heterocycles. The molecule has 4 rings (SSSR count). The average Bonchev–Trinajstić information content (AvgIpc) is 2.86. The average molecular weight is 580 g/mol. The maximum Gasteiger partial charge on any atom is 0.423 e. The fourth-order valence-electron chi connectivity index (χ4n) is 4.49. The highest BCUT2D eigenvalue weighted by atomic mass is 19.4. The number of rotatable bonds is 7. The van der Waals surface area contributed by atoms with E-state index >= 15 is 0 Å². The second-order valence-electron chi connectivity index (χ2n) is 9.77. The Morgan fingerprint density at radius 3 is 2.65 bits per heavy atom. The third kappa shape index (κ3) is 6.24. The van der Waals surface area contributed by atoms with Gasteiger partial charge in [-0.1, -0.05) is 0 Å². The number of alkyl halides is 6. The molecule has 2 aromatic heterocycles. The first-order valence-corrected chi connectivity index (χ1v) is 12.1. The zero-order valence-corrected chi connectivity index (χ0v) is 21.3. The number of hydrogen-bond donors (Lipinski definition) is 3. The van der Waals surface area contributed by atoms with Crippen LogP contribution < -0.4 is 20.5 Å². The van der Waals surface area contributed by atoms with Crippen molar-refractivity contribution < 1.29 is 45.7 Å². The van der Waals surface area contributed by atoms with Crippen molar-refractivity contribution in [1.82, 2.24) is 20.1 Å². The summed E-state index contributed by atoms with van der Waals surface area (Å²) < 4.78 is 89.6. The minimum absolute atomic E-state index is 0.00130. The van der Waals surface area contributed by atoms with Crippen molar-refractivity contribution in [2.75, 3.05) is 49.7 Å². The van der Waals surface area contributed by atoms with E-state index in [4.69, 9.17) is 9.47 Å². The Bertz CT molecular complexity index is 1300. The number of aromatic nitrogens is 3. The predicted octanol–water partition coefficient (Wildman–Crippen LogP) is 1.88. The minimum atomic E-state index is -4.92. The van der Waals surface area contributed by atoms with Crippen LogP contribution in [0, 0.1) is 0 Å². The van der Waals surface area contributed by atoms with Gasteiger partial charge >= 0.3 is 12.4 Å². The molecular weight excluding hydrogens is 554 g/mol. The van der Waals surface area contributed by atoms with Crippen LogP contribution in [0.1, 0.15) is 25.0 Å². The number of aliphatic hydroxyl groups is 1. The van der Waals surface area contributed by atoms with Gasteiger partial charge < -0.3 is 29.7 Å². The molecule has 2 aliphatic rings. The Labute approximate surface area is 223 Å². The Hall–Kier alpha value is -3.60. The maximum absolute atomic E-state index is 13.2. The zero-order chi connectivity index (χ0) is 29.5. The number of hydrogen-bond acceptors (Lipinski definition) is 9. The summed E-state index contributed by atoms with van der Waals surface area (Å²) in [5.74, 6) is -0.443. The minimum Gasteiger partial charge on any atom is -0.487 e. The summed E-state index contributed by atoms with van der Waals surface area (Å²) >= 11 is 0. The summed E-state index contributed by atoms with van der Waals surface area (Å²) in [6.07, 6.45) is -7.96. The SMILES string of the molecule is C[C@@H](COCC(C)(O)C(=O)N1CCN2c3ncc(C(F)(F)F)cc3OC[C@H]2C1)Nc1cn[nH]c(=O)c1C(F)(F)F. The van der Waals surface area contributed by atoms with Crippen LogP contribution in [0.15, 0.2) is 23.3 Å². The van der Waals surface area contributed by atoms with Crippen LogP contribution in [0.3, 0.4) is 0 Å². The van der Waals surface area contributed by atoms with Crippen molar-refractivity contribution in [3.05, 3.63) is 39.9 Å². The lowest BCUT2D eigenvalue weighted by Gasteiger charge is -2.46. The summed E-state index contributed by atoms with van der Waals surface area (Å²) in [5, 5.41) is 18.4. The number of aromatic amines is 1. The zero-order valence-electron chi connectivity index (χ0n) is 21.3. The molecule has 1 fully saturated rings. The van der Waals surface area contributed by atoms with E-state index in [-0.39, 0.29) is 44.4 Å². The topological polar surface area (TPSA) is 133 Å². The van der Waals surface area contributed by atoms with Gasteiger partial charge in [0.15, 0.2) is 17.2 Å². The number of halogens is 6. The van der Waals surface area contributed by atoms with Crippen molar-refractivity contribution in [1.29, 1.82) is 0 Å². The van der Waals surface area contributed by atoms with E-state index in [1.54, 1.807) is 10.00 Å². The molecule has 1 amide bonds. The number of carbonyl (C=O) groups is 1. The van der Waals surface area contributed by atoms with Gasteiger partial charge in [0.25, 0.3) is 11.5 Å². The molecular formula is C23H26F6N6O5. The monoisotopic (exact) mass is 580 g/mol. The lowest BCUT2D eigenvalue weighted by atomic mass is 10.0. The number of ether oxygens (including phenoxy) is 2. The summed E-state index contributed by atoms with van der Waals surface area (Å²) in [7, 11) is 0. The van der Waals surface area contributed by atoms with Crippen molar-refractivity contribution in [2.45, 2.75) is 43.9 Å². The number of amides is 1. The van der Waals surface area contributed by atoms with Crippen molar-refractivity contribution in [3.8, 4) is 5.75 Å². The highest BCUT2D eigenvalue weighted by molar-refractivity contribution is 5.85. The lowest BCUT2D eigenvalue weighted by molar-refractivity contribution is -0.156. The van der Waals surface area contributed by atoms with E-state index in [1.165, 1.54) is 18.7 Å². The molecule has 3 N–H and O–H groups in total. The van der Waals surface area contributed by atoms with Crippen LogP contribution in [0.5, 0.6) is 5.75 Å². The Kier molecular flexibility index (Phi) is 7.90. The van der Waals surface area contributed by atoms with Crippen LogP contribution >= 0.6 is 0 Å². The highest BCUT2D eigenvalue weighted by Crippen LogP contribution is 2.38. The third-order valence-corrected chi connectivity index (χ3v) is 6.39. The second kappa shape index (κ2) is 10.8. The molecule has 0 bridgehead atoms. The van der Waals surface area contributed by atoms with E-state index < -0.39 is 64.9 Å². The van der Waals surface area contributed by atoms with E-state index in [9.17, 15) is 41.0 Å². The fourth-order valence-corrected chi connectivity index (χ4v) is 4.49. The first-order chi connectivity index (χ1) is 18.6. The number of nitrogens with one attached hydrogen (secondary N) is 2. The Morgan fingerprint density at radius 2 is 1.98 bits per heavy atom. The molecule has 11 nitrogen and oxygen atoms in total. The molecule has 220 valence electrons. The van der Waals surface area contributed by atoms with Gasteiger partial charge in [0.05, 0.1) is 36.7 Å². The van der Waals surface area contributed by atoms with Gasteiger partial charge in [0, 0.05) is 31.9 Å². The number of carbonyl (C=O) groups excluding carboxylic acids is 1. The molecule has 1 unspecified atom stereocenters. The van der Waals surface area contributed by atoms with Crippen LogP contribution in [0.4, 0.5) is 37.8 Å². The number of piperazine rings is 1. The lowest BCUT2D eigenvalue weighted by Crippen LogP contribution is -2.62. The molecule has 40 heavy (non-hydrogen) atoms. The molecule has 17 heteroatoms. The normalized spacial score (nSPS) is 19.7. The van der Waals surface area contributed by atoms with Crippen molar-refractivity contribution in [3.63, 3.8) is 0 Å². The van der Waals surface area contributed by atoms with Gasteiger partial charge in [0.1, 0.15) is 12.2 Å². The number of pyridine rings is 1. The van der Waals surface area contributed by atoms with Crippen LogP contribution in [0.25, 0.3) is 0 Å². The highest BCUT2D eigenvalue weighted by Gasteiger charge is 2.42. The number of anilines is 2. The summed E-state index contributed by atoms with van der Waals surface area (Å²) in [4.78, 5) is 31.7. The van der Waals surface area contributed by atoms with Gasteiger partial charge in [-0.15, -0.1) is 0 Å². The van der Waals surface area contributed by atoms with E-state index in [0.29, 0.717) is 0 Å². The maximum atomic E-state index is 13.2. The van der Waals surface area contributed by atoms with Gasteiger partial charge in [-0.25, -0.2) is 10.1 Å². The summed E-state index contributed by atoms with van der Waals surface area (Å²) in [5.41, 5.74) is -6.33.